The van der Waals surface area contributed by atoms with Crippen LogP contribution >= 0.6 is 11.3 Å². The zero-order valence-electron chi connectivity index (χ0n) is 23.6. The number of carbonyl (C=O) groups is 3. The zero-order valence-corrected chi connectivity index (χ0v) is 24.4. The minimum Gasteiger partial charge on any atom is -0.482 e. The standard InChI is InChI=1S/C29H36N4O6S/c1-6-37-25(34)15-38-23-13-20(27-19(5)31-16-40-27)9-10-21(23)14-30-28(35)22-8-7-11-33(22)29(36)26(17(2)3)24-12-18(4)32-39-24/h9-10,12-13,16-17,22,26H,6-8,11,14-15H2,1-5H3,(H,30,35). The summed E-state index contributed by atoms with van der Waals surface area (Å²) < 4.78 is 16.3. The summed E-state index contributed by atoms with van der Waals surface area (Å²) in [6.07, 6.45) is 1.31. The van der Waals surface area contributed by atoms with Gasteiger partial charge in [0.1, 0.15) is 23.5 Å². The van der Waals surface area contributed by atoms with Crippen molar-refractivity contribution in [2.45, 2.75) is 66.0 Å². The molecule has 1 aromatic carbocycles. The lowest BCUT2D eigenvalue weighted by Crippen LogP contribution is -2.47. The summed E-state index contributed by atoms with van der Waals surface area (Å²) in [5.74, 6) is -0.392. The van der Waals surface area contributed by atoms with E-state index < -0.39 is 17.9 Å². The molecule has 2 atom stereocenters. The number of hydrogen-bond acceptors (Lipinski definition) is 9. The van der Waals surface area contributed by atoms with Crippen LogP contribution in [0.3, 0.4) is 0 Å². The Kier molecular flexibility index (Phi) is 9.57. The van der Waals surface area contributed by atoms with Crippen LogP contribution in [0.5, 0.6) is 5.75 Å². The number of esters is 1. The van der Waals surface area contributed by atoms with Crippen molar-refractivity contribution in [1.82, 2.24) is 20.4 Å². The summed E-state index contributed by atoms with van der Waals surface area (Å²) in [7, 11) is 0. The van der Waals surface area contributed by atoms with Crippen molar-refractivity contribution in [3.63, 3.8) is 0 Å². The molecule has 1 aliphatic heterocycles. The number of nitrogens with zero attached hydrogens (tertiary/aromatic N) is 3. The molecule has 11 heteroatoms. The van der Waals surface area contributed by atoms with Crippen LogP contribution in [0.1, 0.15) is 62.2 Å². The Morgan fingerprint density at radius 1 is 1.23 bits per heavy atom. The number of carbonyl (C=O) groups excluding carboxylic acids is 3. The minimum absolute atomic E-state index is 0.0241. The monoisotopic (exact) mass is 568 g/mol. The van der Waals surface area contributed by atoms with Gasteiger partial charge in [0, 0.05) is 24.7 Å². The van der Waals surface area contributed by atoms with E-state index in [1.165, 1.54) is 11.3 Å². The summed E-state index contributed by atoms with van der Waals surface area (Å²) in [4.78, 5) is 45.9. The molecule has 3 aromatic rings. The van der Waals surface area contributed by atoms with Crippen molar-refractivity contribution < 1.29 is 28.4 Å². The van der Waals surface area contributed by atoms with E-state index in [4.69, 9.17) is 14.0 Å². The van der Waals surface area contributed by atoms with Gasteiger partial charge >= 0.3 is 5.97 Å². The molecule has 3 heterocycles. The lowest BCUT2D eigenvalue weighted by atomic mass is 9.91. The van der Waals surface area contributed by atoms with E-state index in [0.29, 0.717) is 35.7 Å². The lowest BCUT2D eigenvalue weighted by molar-refractivity contribution is -0.145. The highest BCUT2D eigenvalue weighted by Gasteiger charge is 2.40. The van der Waals surface area contributed by atoms with Gasteiger partial charge in [-0.2, -0.15) is 0 Å². The fourth-order valence-electron chi connectivity index (χ4n) is 4.94. The van der Waals surface area contributed by atoms with Gasteiger partial charge < -0.3 is 24.2 Å². The highest BCUT2D eigenvalue weighted by atomic mass is 32.1. The highest BCUT2D eigenvalue weighted by molar-refractivity contribution is 7.13. The Hall–Kier alpha value is -3.73. The normalized spacial score (nSPS) is 15.8. The second kappa shape index (κ2) is 13.1. The van der Waals surface area contributed by atoms with E-state index in [0.717, 1.165) is 22.6 Å². The Morgan fingerprint density at radius 2 is 2.02 bits per heavy atom. The Morgan fingerprint density at radius 3 is 2.67 bits per heavy atom. The maximum Gasteiger partial charge on any atom is 0.344 e. The molecule has 0 aliphatic carbocycles. The Balaban J connectivity index is 1.49. The van der Waals surface area contributed by atoms with E-state index in [9.17, 15) is 14.4 Å². The number of hydrogen-bond donors (Lipinski definition) is 1. The second-order valence-corrected chi connectivity index (χ2v) is 11.0. The zero-order chi connectivity index (χ0) is 28.8. The number of rotatable bonds is 11. The molecule has 0 saturated carbocycles. The highest BCUT2D eigenvalue weighted by Crippen LogP contribution is 2.33. The average Bonchev–Trinajstić information content (AvgIpc) is 3.68. The molecule has 1 aliphatic rings. The van der Waals surface area contributed by atoms with E-state index in [1.54, 1.807) is 23.4 Å². The number of aromatic nitrogens is 2. The number of thiazole rings is 1. The minimum atomic E-state index is -0.583. The maximum absolute atomic E-state index is 13.6. The van der Waals surface area contributed by atoms with Crippen LogP contribution in [0, 0.1) is 19.8 Å². The van der Waals surface area contributed by atoms with E-state index in [1.807, 2.05) is 45.9 Å². The fraction of sp³-hybridized carbons (Fsp3) is 0.483. The fourth-order valence-corrected chi connectivity index (χ4v) is 5.74. The molecule has 0 radical (unpaired) electrons. The summed E-state index contributed by atoms with van der Waals surface area (Å²) in [6.45, 7) is 10.1. The number of likely N-dealkylation sites (tertiary alicyclic amines) is 1. The van der Waals surface area contributed by atoms with Crippen LogP contribution in [0.4, 0.5) is 0 Å². The molecule has 2 unspecified atom stereocenters. The van der Waals surface area contributed by atoms with Crippen molar-refractivity contribution >= 4 is 29.1 Å². The lowest BCUT2D eigenvalue weighted by Gasteiger charge is -2.29. The van der Waals surface area contributed by atoms with Crippen LogP contribution in [0.25, 0.3) is 10.4 Å². The van der Waals surface area contributed by atoms with Crippen LogP contribution in [-0.2, 0) is 25.7 Å². The molecule has 1 saturated heterocycles. The number of aryl methyl sites for hydroxylation is 2. The van der Waals surface area contributed by atoms with Crippen LogP contribution in [-0.4, -0.2) is 58.6 Å². The number of amides is 2. The van der Waals surface area contributed by atoms with E-state index in [2.05, 4.69) is 15.5 Å². The molecular formula is C29H36N4O6S. The van der Waals surface area contributed by atoms with Gasteiger partial charge in [-0.05, 0) is 51.2 Å². The predicted octanol–water partition coefficient (Wildman–Crippen LogP) is 4.40. The van der Waals surface area contributed by atoms with Crippen molar-refractivity contribution in [1.29, 1.82) is 0 Å². The van der Waals surface area contributed by atoms with Crippen molar-refractivity contribution in [2.75, 3.05) is 19.8 Å². The molecule has 2 amide bonds. The quantitative estimate of drug-likeness (QED) is 0.338. The predicted molar refractivity (Wildman–Crippen MR) is 150 cm³/mol. The largest absolute Gasteiger partial charge is 0.482 e. The van der Waals surface area contributed by atoms with Crippen molar-refractivity contribution in [3.05, 3.63) is 52.5 Å². The van der Waals surface area contributed by atoms with Gasteiger partial charge in [-0.1, -0.05) is 31.1 Å². The van der Waals surface area contributed by atoms with Gasteiger partial charge in [0.2, 0.25) is 11.8 Å². The second-order valence-electron chi connectivity index (χ2n) is 10.2. The van der Waals surface area contributed by atoms with Crippen LogP contribution < -0.4 is 10.1 Å². The Labute approximate surface area is 238 Å². The van der Waals surface area contributed by atoms with Crippen LogP contribution in [0.15, 0.2) is 34.3 Å². The molecule has 1 fully saturated rings. The molecule has 0 spiro atoms. The molecular weight excluding hydrogens is 532 g/mol. The summed E-state index contributed by atoms with van der Waals surface area (Å²) in [6, 6.07) is 6.86. The number of benzene rings is 1. The van der Waals surface area contributed by atoms with Gasteiger partial charge in [-0.3, -0.25) is 9.59 Å². The van der Waals surface area contributed by atoms with Gasteiger partial charge in [0.15, 0.2) is 6.61 Å². The smallest absolute Gasteiger partial charge is 0.344 e. The van der Waals surface area contributed by atoms with Crippen molar-refractivity contribution in [3.8, 4) is 16.2 Å². The molecule has 0 bridgehead atoms. The van der Waals surface area contributed by atoms with Gasteiger partial charge in [-0.15, -0.1) is 11.3 Å². The summed E-state index contributed by atoms with van der Waals surface area (Å²) >= 11 is 1.52. The molecule has 2 aromatic heterocycles. The first-order valence-electron chi connectivity index (χ1n) is 13.5. The van der Waals surface area contributed by atoms with Gasteiger partial charge in [-0.25, -0.2) is 9.78 Å². The average molecular weight is 569 g/mol. The topological polar surface area (TPSA) is 124 Å². The SMILES string of the molecule is CCOC(=O)COc1cc(-c2scnc2C)ccc1CNC(=O)C1CCCN1C(=O)C(c1cc(C)no1)C(C)C. The molecule has 40 heavy (non-hydrogen) atoms. The molecule has 10 nitrogen and oxygen atoms in total. The molecule has 214 valence electrons. The van der Waals surface area contributed by atoms with E-state index >= 15 is 0 Å². The van der Waals surface area contributed by atoms with E-state index in [-0.39, 0.29) is 37.5 Å². The Bertz CT molecular complexity index is 1350. The third-order valence-electron chi connectivity index (χ3n) is 6.90. The first-order chi connectivity index (χ1) is 19.2. The summed E-state index contributed by atoms with van der Waals surface area (Å²) in [5.41, 5.74) is 5.00. The van der Waals surface area contributed by atoms with Crippen molar-refractivity contribution in [2.24, 2.45) is 5.92 Å². The van der Waals surface area contributed by atoms with Crippen LogP contribution in [0.2, 0.25) is 0 Å². The molecule has 1 N–H and O–H groups in total. The van der Waals surface area contributed by atoms with Gasteiger partial charge in [0.25, 0.3) is 0 Å². The maximum atomic E-state index is 13.6. The third kappa shape index (κ3) is 6.70. The first kappa shape index (κ1) is 29.3. The number of nitrogens with one attached hydrogen (secondary N) is 1. The third-order valence-corrected chi connectivity index (χ3v) is 7.88. The molecule has 4 rings (SSSR count). The number of ether oxygens (including phenoxy) is 2. The van der Waals surface area contributed by atoms with Gasteiger partial charge in [0.05, 0.1) is 28.4 Å². The first-order valence-corrected chi connectivity index (χ1v) is 14.4. The summed E-state index contributed by atoms with van der Waals surface area (Å²) in [5, 5.41) is 6.93.